The molecule has 0 aromatic carbocycles. The number of rotatable bonds is 4. The van der Waals surface area contributed by atoms with E-state index in [1.807, 2.05) is 6.92 Å². The highest BCUT2D eigenvalue weighted by molar-refractivity contribution is 7.11. The van der Waals surface area contributed by atoms with Gasteiger partial charge in [-0.2, -0.15) is 0 Å². The Hall–Kier alpha value is -1.76. The Morgan fingerprint density at radius 3 is 2.77 bits per heavy atom. The number of ether oxygens (including phenoxy) is 1. The van der Waals surface area contributed by atoms with Crippen LogP contribution in [0.2, 0.25) is 0 Å². The molecule has 1 aromatic heterocycles. The van der Waals surface area contributed by atoms with Crippen LogP contribution in [0.25, 0.3) is 0 Å². The molecule has 0 radical (unpaired) electrons. The Balaban J connectivity index is 1.56. The largest absolute Gasteiger partial charge is 0.456 e. The molecule has 0 saturated carbocycles. The number of fused-ring (bicyclic) bond motifs is 1. The summed E-state index contributed by atoms with van der Waals surface area (Å²) in [5, 5.41) is 0.987. The summed E-state index contributed by atoms with van der Waals surface area (Å²) in [4.78, 5) is 41.7. The van der Waals surface area contributed by atoms with Gasteiger partial charge in [-0.25, -0.2) is 4.98 Å². The van der Waals surface area contributed by atoms with E-state index in [1.54, 1.807) is 11.3 Å². The van der Waals surface area contributed by atoms with Gasteiger partial charge >= 0.3 is 5.97 Å². The van der Waals surface area contributed by atoms with Gasteiger partial charge in [0.25, 0.3) is 0 Å². The first-order chi connectivity index (χ1) is 10.5. The van der Waals surface area contributed by atoms with Crippen LogP contribution in [0.3, 0.4) is 0 Å². The highest BCUT2D eigenvalue weighted by Gasteiger charge is 2.30. The lowest BCUT2D eigenvalue weighted by molar-refractivity contribution is -0.151. The second kappa shape index (κ2) is 6.16. The molecule has 6 nitrogen and oxygen atoms in total. The number of hydrogen-bond acceptors (Lipinski definition) is 6. The molecule has 0 spiro atoms. The fourth-order valence-electron chi connectivity index (χ4n) is 2.91. The molecule has 1 fully saturated rings. The Morgan fingerprint density at radius 2 is 2.05 bits per heavy atom. The van der Waals surface area contributed by atoms with Gasteiger partial charge in [-0.15, -0.1) is 11.3 Å². The first kappa shape index (κ1) is 15.1. The number of esters is 1. The standard InChI is InChI=1S/C15H18N2O4S/c1-9-16-10-3-2-4-11(15(10)22-9)21-14(20)7-8-17-12(18)5-6-13(17)19/h11H,2-8H2,1H3. The summed E-state index contributed by atoms with van der Waals surface area (Å²) >= 11 is 1.58. The molecule has 1 aliphatic heterocycles. The van der Waals surface area contributed by atoms with Gasteiger partial charge in [0.1, 0.15) is 6.10 Å². The third kappa shape index (κ3) is 3.04. The summed E-state index contributed by atoms with van der Waals surface area (Å²) in [6.07, 6.45) is 3.03. The smallest absolute Gasteiger partial charge is 0.308 e. The lowest BCUT2D eigenvalue weighted by Gasteiger charge is -2.22. The molecule has 0 N–H and O–H groups in total. The molecule has 7 heteroatoms. The SMILES string of the molecule is Cc1nc2c(s1)C(OC(=O)CCN1C(=O)CCC1=O)CCC2. The summed E-state index contributed by atoms with van der Waals surface area (Å²) in [6.45, 7) is 2.07. The monoisotopic (exact) mass is 322 g/mol. The molecule has 2 heterocycles. The molecular weight excluding hydrogens is 304 g/mol. The van der Waals surface area contributed by atoms with Gasteiger partial charge in [0.05, 0.1) is 22.0 Å². The van der Waals surface area contributed by atoms with Gasteiger partial charge in [-0.3, -0.25) is 19.3 Å². The van der Waals surface area contributed by atoms with Crippen LogP contribution in [0.15, 0.2) is 0 Å². The van der Waals surface area contributed by atoms with Gasteiger partial charge in [0.15, 0.2) is 0 Å². The number of imide groups is 1. The maximum atomic E-state index is 12.0. The highest BCUT2D eigenvalue weighted by atomic mass is 32.1. The van der Waals surface area contributed by atoms with E-state index in [9.17, 15) is 14.4 Å². The van der Waals surface area contributed by atoms with Crippen LogP contribution in [0, 0.1) is 6.92 Å². The van der Waals surface area contributed by atoms with Gasteiger partial charge in [0, 0.05) is 19.4 Å². The van der Waals surface area contributed by atoms with Crippen molar-refractivity contribution in [2.75, 3.05) is 6.54 Å². The van der Waals surface area contributed by atoms with Crippen LogP contribution in [0.5, 0.6) is 0 Å². The quantitative estimate of drug-likeness (QED) is 0.625. The van der Waals surface area contributed by atoms with Crippen molar-refractivity contribution in [3.05, 3.63) is 15.6 Å². The van der Waals surface area contributed by atoms with Crippen molar-refractivity contribution in [3.8, 4) is 0 Å². The number of carbonyl (C=O) groups excluding carboxylic acids is 3. The van der Waals surface area contributed by atoms with Gasteiger partial charge in [-0.1, -0.05) is 0 Å². The average molecular weight is 322 g/mol. The second-order valence-electron chi connectivity index (χ2n) is 5.60. The topological polar surface area (TPSA) is 76.6 Å². The Bertz CT molecular complexity index is 609. The van der Waals surface area contributed by atoms with Gasteiger partial charge in [0.2, 0.25) is 11.8 Å². The van der Waals surface area contributed by atoms with Crippen molar-refractivity contribution in [2.45, 2.75) is 51.6 Å². The summed E-state index contributed by atoms with van der Waals surface area (Å²) in [7, 11) is 0. The summed E-state index contributed by atoms with van der Waals surface area (Å²) in [5.74, 6) is -0.761. The molecule has 1 aliphatic carbocycles. The van der Waals surface area contributed by atoms with E-state index in [2.05, 4.69) is 4.98 Å². The number of amides is 2. The van der Waals surface area contributed by atoms with E-state index in [1.165, 1.54) is 0 Å². The van der Waals surface area contributed by atoms with Crippen molar-refractivity contribution in [1.82, 2.24) is 9.88 Å². The molecule has 22 heavy (non-hydrogen) atoms. The minimum atomic E-state index is -0.364. The van der Waals surface area contributed by atoms with Crippen molar-refractivity contribution in [3.63, 3.8) is 0 Å². The van der Waals surface area contributed by atoms with Gasteiger partial charge in [-0.05, 0) is 26.2 Å². The fourth-order valence-corrected chi connectivity index (χ4v) is 3.95. The summed E-state index contributed by atoms with van der Waals surface area (Å²) < 4.78 is 5.54. The Morgan fingerprint density at radius 1 is 1.32 bits per heavy atom. The molecule has 1 saturated heterocycles. The maximum absolute atomic E-state index is 12.0. The van der Waals surface area contributed by atoms with E-state index in [0.29, 0.717) is 0 Å². The molecule has 2 aliphatic rings. The minimum Gasteiger partial charge on any atom is -0.456 e. The maximum Gasteiger partial charge on any atom is 0.308 e. The zero-order chi connectivity index (χ0) is 15.7. The summed E-state index contributed by atoms with van der Waals surface area (Å²) in [5.41, 5.74) is 1.04. The van der Waals surface area contributed by atoms with Crippen LogP contribution in [-0.4, -0.2) is 34.2 Å². The first-order valence-electron chi connectivity index (χ1n) is 7.53. The Kier molecular flexibility index (Phi) is 4.24. The van der Waals surface area contributed by atoms with E-state index in [0.717, 1.165) is 39.7 Å². The Labute approximate surface area is 132 Å². The zero-order valence-corrected chi connectivity index (χ0v) is 13.3. The fraction of sp³-hybridized carbons (Fsp3) is 0.600. The number of nitrogens with zero attached hydrogens (tertiary/aromatic N) is 2. The number of hydrogen-bond donors (Lipinski definition) is 0. The molecule has 2 amide bonds. The van der Waals surface area contributed by atoms with Crippen LogP contribution in [0.1, 0.15) is 53.8 Å². The third-order valence-electron chi connectivity index (χ3n) is 3.97. The highest BCUT2D eigenvalue weighted by Crippen LogP contribution is 2.36. The predicted molar refractivity (Wildman–Crippen MR) is 79.2 cm³/mol. The third-order valence-corrected chi connectivity index (χ3v) is 5.08. The molecule has 1 unspecified atom stereocenters. The number of aryl methyl sites for hydroxylation is 2. The molecule has 1 aromatic rings. The van der Waals surface area contributed by atoms with E-state index in [-0.39, 0.29) is 49.7 Å². The van der Waals surface area contributed by atoms with E-state index >= 15 is 0 Å². The minimum absolute atomic E-state index is 0.0566. The number of carbonyl (C=O) groups is 3. The second-order valence-corrected chi connectivity index (χ2v) is 6.84. The summed E-state index contributed by atoms with van der Waals surface area (Å²) in [6, 6.07) is 0. The lowest BCUT2D eigenvalue weighted by Crippen LogP contribution is -2.31. The normalized spacial score (nSPS) is 21.1. The zero-order valence-electron chi connectivity index (χ0n) is 12.5. The molecule has 3 rings (SSSR count). The van der Waals surface area contributed by atoms with E-state index < -0.39 is 0 Å². The molecule has 0 bridgehead atoms. The molecular formula is C15H18N2O4S. The van der Waals surface area contributed by atoms with Crippen molar-refractivity contribution < 1.29 is 19.1 Å². The van der Waals surface area contributed by atoms with Crippen LogP contribution >= 0.6 is 11.3 Å². The molecule has 1 atom stereocenters. The van der Waals surface area contributed by atoms with Crippen LogP contribution in [0.4, 0.5) is 0 Å². The number of thiazole rings is 1. The van der Waals surface area contributed by atoms with Crippen LogP contribution < -0.4 is 0 Å². The average Bonchev–Trinajstić information content (AvgIpc) is 3.00. The lowest BCUT2D eigenvalue weighted by atomic mass is 10.0. The number of aromatic nitrogens is 1. The van der Waals surface area contributed by atoms with Crippen LogP contribution in [-0.2, 0) is 25.5 Å². The first-order valence-corrected chi connectivity index (χ1v) is 8.35. The van der Waals surface area contributed by atoms with Gasteiger partial charge < -0.3 is 4.74 Å². The van der Waals surface area contributed by atoms with Crippen molar-refractivity contribution in [1.29, 1.82) is 0 Å². The van der Waals surface area contributed by atoms with E-state index in [4.69, 9.17) is 4.74 Å². The predicted octanol–water partition coefficient (Wildman–Crippen LogP) is 1.91. The molecule has 118 valence electrons. The van der Waals surface area contributed by atoms with Crippen molar-refractivity contribution >= 4 is 29.1 Å². The van der Waals surface area contributed by atoms with Crippen molar-refractivity contribution in [2.24, 2.45) is 0 Å². The number of likely N-dealkylation sites (tertiary alicyclic amines) is 1.